The molecule has 6 rings (SSSR count). The van der Waals surface area contributed by atoms with Crippen LogP contribution >= 0.6 is 0 Å². The van der Waals surface area contributed by atoms with Gasteiger partial charge in [0.2, 0.25) is 10.0 Å². The largest absolute Gasteiger partial charge is 0.460 e. The molecule has 9 nitrogen and oxygen atoms in total. The average molecular weight is 614 g/mol. The number of nitrogens with zero attached hydrogens (tertiary/aromatic N) is 4. The van der Waals surface area contributed by atoms with E-state index >= 15 is 0 Å². The molecule has 1 aliphatic carbocycles. The van der Waals surface area contributed by atoms with Crippen LogP contribution in [0.1, 0.15) is 36.8 Å². The lowest BCUT2D eigenvalue weighted by molar-refractivity contribution is -0.137. The number of rotatable bonds is 7. The van der Waals surface area contributed by atoms with E-state index in [1.165, 1.54) is 28.7 Å². The first kappa shape index (κ1) is 29.3. The Bertz CT molecular complexity index is 1740. The quantitative estimate of drug-likeness (QED) is 0.266. The maximum absolute atomic E-state index is 13.8. The molecule has 0 bridgehead atoms. The van der Waals surface area contributed by atoms with E-state index in [0.717, 1.165) is 31.7 Å². The number of sulfonamides is 1. The van der Waals surface area contributed by atoms with Crippen LogP contribution in [0.4, 0.5) is 24.7 Å². The Morgan fingerprint density at radius 2 is 1.74 bits per heavy atom. The molecule has 1 aliphatic heterocycles. The molecule has 0 atom stereocenters. The Labute approximate surface area is 247 Å². The summed E-state index contributed by atoms with van der Waals surface area (Å²) >= 11 is 0. The van der Waals surface area contributed by atoms with E-state index in [1.807, 2.05) is 0 Å². The zero-order valence-corrected chi connectivity index (χ0v) is 24.2. The number of anilines is 2. The number of pyridine rings is 1. The summed E-state index contributed by atoms with van der Waals surface area (Å²) in [6.07, 6.45) is 0.499. The normalized spacial score (nSPS) is 16.9. The first-order valence-corrected chi connectivity index (χ1v) is 15.5. The molecule has 3 heterocycles. The maximum atomic E-state index is 13.8. The van der Waals surface area contributed by atoms with Crippen LogP contribution in [0.5, 0.6) is 6.01 Å². The van der Waals surface area contributed by atoms with Gasteiger partial charge >= 0.3 is 12.2 Å². The number of ether oxygens (including phenoxy) is 2. The van der Waals surface area contributed by atoms with E-state index in [9.17, 15) is 21.6 Å². The lowest BCUT2D eigenvalue weighted by Crippen LogP contribution is -2.40. The van der Waals surface area contributed by atoms with Gasteiger partial charge in [-0.25, -0.2) is 8.42 Å². The molecule has 1 N–H and O–H groups in total. The van der Waals surface area contributed by atoms with Crippen molar-refractivity contribution in [3.8, 4) is 17.3 Å². The van der Waals surface area contributed by atoms with Crippen molar-refractivity contribution in [2.45, 2.75) is 49.8 Å². The van der Waals surface area contributed by atoms with Crippen LogP contribution in [0.25, 0.3) is 22.2 Å². The number of morpholine rings is 1. The zero-order chi connectivity index (χ0) is 30.2. The molecule has 43 heavy (non-hydrogen) atoms. The van der Waals surface area contributed by atoms with Crippen LogP contribution in [0.3, 0.4) is 0 Å². The van der Waals surface area contributed by atoms with E-state index in [1.54, 1.807) is 31.2 Å². The van der Waals surface area contributed by atoms with E-state index in [-0.39, 0.29) is 28.3 Å². The number of aromatic nitrogens is 3. The van der Waals surface area contributed by atoms with Crippen molar-refractivity contribution in [1.82, 2.24) is 19.3 Å². The van der Waals surface area contributed by atoms with E-state index < -0.39 is 21.8 Å². The molecule has 2 aromatic carbocycles. The molecule has 0 radical (unpaired) electrons. The Kier molecular flexibility index (Phi) is 7.96. The van der Waals surface area contributed by atoms with Gasteiger partial charge in [0.15, 0.2) is 0 Å². The number of fused-ring (bicyclic) bond motifs is 1. The molecule has 0 unspecified atom stereocenters. The zero-order valence-electron chi connectivity index (χ0n) is 23.4. The number of nitrogens with one attached hydrogen (secondary N) is 1. The van der Waals surface area contributed by atoms with Crippen molar-refractivity contribution in [2.75, 3.05) is 31.6 Å². The third-order valence-corrected chi connectivity index (χ3v) is 9.57. The van der Waals surface area contributed by atoms with E-state index in [2.05, 4.69) is 20.3 Å². The number of hydrogen-bond acceptors (Lipinski definition) is 8. The summed E-state index contributed by atoms with van der Waals surface area (Å²) in [6, 6.07) is 11.9. The third-order valence-electron chi connectivity index (χ3n) is 7.66. The molecule has 1 saturated heterocycles. The summed E-state index contributed by atoms with van der Waals surface area (Å²) in [7, 11) is -3.66. The van der Waals surface area contributed by atoms with Gasteiger partial charge in [-0.2, -0.15) is 27.4 Å². The van der Waals surface area contributed by atoms with Gasteiger partial charge in [0, 0.05) is 35.9 Å². The second-order valence-corrected chi connectivity index (χ2v) is 12.6. The van der Waals surface area contributed by atoms with E-state index in [4.69, 9.17) is 9.47 Å². The van der Waals surface area contributed by atoms with Crippen LogP contribution in [0.15, 0.2) is 59.6 Å². The van der Waals surface area contributed by atoms with Crippen molar-refractivity contribution in [2.24, 2.45) is 0 Å². The standard InChI is InChI=1S/C30H30F3N5O4S/c1-19-17-20(27-24(30(31,32)33)7-4-12-34-27)18-25-26(19)28(37-29(36-25)42-22-5-2-3-6-22)35-21-8-10-23(11-9-21)43(39,40)38-13-15-41-16-14-38/h4,7-12,17-18,22H,2-3,5-6,13-16H2,1H3,(H,35,36,37). The highest BCUT2D eigenvalue weighted by molar-refractivity contribution is 7.89. The predicted octanol–water partition coefficient (Wildman–Crippen LogP) is 6.10. The summed E-state index contributed by atoms with van der Waals surface area (Å²) in [6.45, 7) is 3.06. The van der Waals surface area contributed by atoms with Crippen molar-refractivity contribution in [1.29, 1.82) is 0 Å². The van der Waals surface area contributed by atoms with Gasteiger partial charge in [0.1, 0.15) is 11.9 Å². The average Bonchev–Trinajstić information content (AvgIpc) is 3.50. The van der Waals surface area contributed by atoms with Gasteiger partial charge in [-0.15, -0.1) is 0 Å². The minimum absolute atomic E-state index is 0.0492. The molecule has 226 valence electrons. The summed E-state index contributed by atoms with van der Waals surface area (Å²) in [5, 5.41) is 3.85. The van der Waals surface area contributed by atoms with Gasteiger partial charge in [0.25, 0.3) is 0 Å². The number of hydrogen-bond donors (Lipinski definition) is 1. The number of halogens is 3. The summed E-state index contributed by atoms with van der Waals surface area (Å²) in [5.74, 6) is 0.392. The Balaban J connectivity index is 1.39. The van der Waals surface area contributed by atoms with Crippen molar-refractivity contribution >= 4 is 32.4 Å². The fraction of sp³-hybridized carbons (Fsp3) is 0.367. The van der Waals surface area contributed by atoms with Gasteiger partial charge in [-0.3, -0.25) is 4.98 Å². The Morgan fingerprint density at radius 3 is 2.44 bits per heavy atom. The molecule has 13 heteroatoms. The lowest BCUT2D eigenvalue weighted by atomic mass is 10.00. The highest BCUT2D eigenvalue weighted by atomic mass is 32.2. The van der Waals surface area contributed by atoms with Gasteiger partial charge in [-0.05, 0) is 86.7 Å². The molecule has 0 amide bonds. The molecular formula is C30H30F3N5O4S. The number of benzene rings is 2. The van der Waals surface area contributed by atoms with Crippen LogP contribution in [-0.4, -0.2) is 60.1 Å². The fourth-order valence-corrected chi connectivity index (χ4v) is 6.93. The second-order valence-electron chi connectivity index (χ2n) is 10.6. The molecule has 2 aliphatic rings. The minimum atomic E-state index is -4.58. The van der Waals surface area contributed by atoms with Crippen molar-refractivity contribution < 1.29 is 31.1 Å². The summed E-state index contributed by atoms with van der Waals surface area (Å²) in [4.78, 5) is 13.5. The monoisotopic (exact) mass is 613 g/mol. The highest BCUT2D eigenvalue weighted by Gasteiger charge is 2.34. The van der Waals surface area contributed by atoms with Crippen molar-refractivity contribution in [3.63, 3.8) is 0 Å². The first-order valence-electron chi connectivity index (χ1n) is 14.1. The van der Waals surface area contributed by atoms with Gasteiger partial charge in [-0.1, -0.05) is 0 Å². The van der Waals surface area contributed by atoms with Crippen LogP contribution in [0, 0.1) is 6.92 Å². The molecule has 2 aromatic heterocycles. The SMILES string of the molecule is Cc1cc(-c2ncccc2C(F)(F)F)cc2nc(OC3CCCC3)nc(Nc3ccc(S(=O)(=O)N4CCOCC4)cc3)c12. The smallest absolute Gasteiger partial charge is 0.418 e. The van der Waals surface area contributed by atoms with Crippen LogP contribution in [-0.2, 0) is 20.9 Å². The topological polar surface area (TPSA) is 107 Å². The molecule has 2 fully saturated rings. The molecule has 4 aromatic rings. The Morgan fingerprint density at radius 1 is 1.02 bits per heavy atom. The second kappa shape index (κ2) is 11.7. The van der Waals surface area contributed by atoms with E-state index in [0.29, 0.717) is 54.3 Å². The van der Waals surface area contributed by atoms with Gasteiger partial charge < -0.3 is 14.8 Å². The maximum Gasteiger partial charge on any atom is 0.418 e. The third kappa shape index (κ3) is 6.15. The van der Waals surface area contributed by atoms with Crippen LogP contribution < -0.4 is 10.1 Å². The van der Waals surface area contributed by atoms with Gasteiger partial charge in [0.05, 0.1) is 34.9 Å². The molecule has 1 saturated carbocycles. The van der Waals surface area contributed by atoms with Crippen molar-refractivity contribution in [3.05, 3.63) is 65.9 Å². The fourth-order valence-electron chi connectivity index (χ4n) is 5.53. The lowest BCUT2D eigenvalue weighted by Gasteiger charge is -2.26. The van der Waals surface area contributed by atoms with Crippen LogP contribution in [0.2, 0.25) is 0 Å². The predicted molar refractivity (Wildman–Crippen MR) is 155 cm³/mol. The summed E-state index contributed by atoms with van der Waals surface area (Å²) < 4.78 is 80.3. The summed E-state index contributed by atoms with van der Waals surface area (Å²) in [5.41, 5.74) is 0.838. The highest BCUT2D eigenvalue weighted by Crippen LogP contribution is 2.39. The number of alkyl halides is 3. The Hall–Kier alpha value is -3.81. The number of aryl methyl sites for hydroxylation is 1. The minimum Gasteiger partial charge on any atom is -0.460 e. The molecular weight excluding hydrogens is 583 g/mol. The molecule has 0 spiro atoms. The first-order chi connectivity index (χ1) is 20.6.